The molecule has 0 saturated carbocycles. The number of carbonyl (C=O) groups excluding carboxylic acids is 1. The smallest absolute Gasteiger partial charge is 0.227 e. The Bertz CT molecular complexity index is 984. The van der Waals surface area contributed by atoms with Crippen molar-refractivity contribution in [3.63, 3.8) is 0 Å². The highest BCUT2D eigenvalue weighted by molar-refractivity contribution is 6.30. The van der Waals surface area contributed by atoms with E-state index in [0.717, 1.165) is 42.0 Å². The van der Waals surface area contributed by atoms with Gasteiger partial charge in [0.15, 0.2) is 0 Å². The average Bonchev–Trinajstić information content (AvgIpc) is 3.39. The van der Waals surface area contributed by atoms with E-state index >= 15 is 0 Å². The van der Waals surface area contributed by atoms with Gasteiger partial charge in [-0.2, -0.15) is 0 Å². The minimum Gasteiger partial charge on any atom is -0.497 e. The van der Waals surface area contributed by atoms with Crippen LogP contribution in [-0.4, -0.2) is 29.4 Å². The molecule has 0 spiro atoms. The first-order valence-electron chi connectivity index (χ1n) is 9.74. The fourth-order valence-electron chi connectivity index (χ4n) is 3.74. The first-order valence-corrected chi connectivity index (χ1v) is 10.1. The molecule has 150 valence electrons. The summed E-state index contributed by atoms with van der Waals surface area (Å²) in [6, 6.07) is 15.2. The van der Waals surface area contributed by atoms with Gasteiger partial charge in [-0.05, 0) is 48.2 Å². The molecule has 1 fully saturated rings. The normalized spacial score (nSPS) is 16.2. The molecule has 0 radical (unpaired) electrons. The third-order valence-corrected chi connectivity index (χ3v) is 5.46. The molecule has 2 heterocycles. The number of methoxy groups -OCH3 is 1. The molecule has 4 rings (SSSR count). The van der Waals surface area contributed by atoms with Crippen LogP contribution in [0.15, 0.2) is 59.1 Å². The van der Waals surface area contributed by atoms with Gasteiger partial charge in [-0.3, -0.25) is 4.79 Å². The molecule has 1 aliphatic heterocycles. The number of hydrogen-bond donors (Lipinski definition) is 0. The van der Waals surface area contributed by atoms with Crippen molar-refractivity contribution in [3.05, 3.63) is 82.5 Å². The van der Waals surface area contributed by atoms with Gasteiger partial charge in [-0.25, -0.2) is 4.98 Å². The van der Waals surface area contributed by atoms with Crippen LogP contribution >= 0.6 is 11.6 Å². The highest BCUT2D eigenvalue weighted by atomic mass is 35.5. The van der Waals surface area contributed by atoms with Crippen LogP contribution in [0.25, 0.3) is 0 Å². The molecule has 1 aliphatic rings. The quantitative estimate of drug-likeness (QED) is 0.583. The first-order chi connectivity index (χ1) is 14.1. The van der Waals surface area contributed by atoms with E-state index in [2.05, 4.69) is 4.98 Å². The zero-order valence-corrected chi connectivity index (χ0v) is 17.1. The van der Waals surface area contributed by atoms with Gasteiger partial charge in [0.1, 0.15) is 17.6 Å². The van der Waals surface area contributed by atoms with Gasteiger partial charge >= 0.3 is 0 Å². The van der Waals surface area contributed by atoms with Crippen LogP contribution in [0.4, 0.5) is 0 Å². The van der Waals surface area contributed by atoms with Crippen molar-refractivity contribution < 1.29 is 13.9 Å². The Kier molecular flexibility index (Phi) is 5.86. The summed E-state index contributed by atoms with van der Waals surface area (Å²) in [4.78, 5) is 19.3. The molecule has 0 N–H and O–H groups in total. The summed E-state index contributed by atoms with van der Waals surface area (Å²) < 4.78 is 11.3. The first kappa shape index (κ1) is 19.5. The molecule has 1 aromatic heterocycles. The molecule has 1 amide bonds. The molecule has 3 aromatic rings. The fourth-order valence-corrected chi connectivity index (χ4v) is 3.87. The lowest BCUT2D eigenvalue weighted by Crippen LogP contribution is -2.32. The van der Waals surface area contributed by atoms with E-state index in [-0.39, 0.29) is 11.9 Å². The fraction of sp³-hybridized carbons (Fsp3) is 0.304. The molecule has 1 unspecified atom stereocenters. The summed E-state index contributed by atoms with van der Waals surface area (Å²) in [7, 11) is 1.63. The largest absolute Gasteiger partial charge is 0.497 e. The molecule has 29 heavy (non-hydrogen) atoms. The number of nitrogens with zero attached hydrogens (tertiary/aromatic N) is 2. The average molecular weight is 411 g/mol. The lowest BCUT2D eigenvalue weighted by atomic mass is 10.1. The van der Waals surface area contributed by atoms with E-state index in [1.807, 2.05) is 53.4 Å². The van der Waals surface area contributed by atoms with Crippen molar-refractivity contribution in [1.82, 2.24) is 9.88 Å². The lowest BCUT2D eigenvalue weighted by molar-refractivity contribution is -0.131. The number of oxazole rings is 1. The predicted molar refractivity (Wildman–Crippen MR) is 111 cm³/mol. The molecule has 5 nitrogen and oxygen atoms in total. The SMILES string of the molecule is COc1cccc(CC(=O)N2CCCC2c2ncc(Cc3ccc(Cl)cc3)o2)c1. The van der Waals surface area contributed by atoms with Crippen molar-refractivity contribution in [2.45, 2.75) is 31.7 Å². The second kappa shape index (κ2) is 8.70. The van der Waals surface area contributed by atoms with Crippen molar-refractivity contribution in [3.8, 4) is 5.75 Å². The Labute approximate surface area is 175 Å². The third-order valence-electron chi connectivity index (χ3n) is 5.21. The van der Waals surface area contributed by atoms with Gasteiger partial charge in [-0.1, -0.05) is 35.9 Å². The van der Waals surface area contributed by atoms with Crippen LogP contribution in [0.2, 0.25) is 5.02 Å². The topological polar surface area (TPSA) is 55.6 Å². The maximum absolute atomic E-state index is 12.9. The van der Waals surface area contributed by atoms with Gasteiger partial charge < -0.3 is 14.1 Å². The van der Waals surface area contributed by atoms with Gasteiger partial charge in [0.2, 0.25) is 11.8 Å². The Morgan fingerprint density at radius 2 is 2.07 bits per heavy atom. The second-order valence-electron chi connectivity index (χ2n) is 7.24. The van der Waals surface area contributed by atoms with Gasteiger partial charge in [0.05, 0.1) is 19.7 Å². The number of aromatic nitrogens is 1. The minimum atomic E-state index is -0.105. The second-order valence-corrected chi connectivity index (χ2v) is 7.68. The van der Waals surface area contributed by atoms with Crippen molar-refractivity contribution >= 4 is 17.5 Å². The number of halogens is 1. The van der Waals surface area contributed by atoms with E-state index in [0.29, 0.717) is 23.8 Å². The van der Waals surface area contributed by atoms with E-state index in [1.165, 1.54) is 0 Å². The van der Waals surface area contributed by atoms with Gasteiger partial charge in [0.25, 0.3) is 0 Å². The van der Waals surface area contributed by atoms with Crippen LogP contribution < -0.4 is 4.74 Å². The maximum Gasteiger partial charge on any atom is 0.227 e. The summed E-state index contributed by atoms with van der Waals surface area (Å²) in [5.74, 6) is 2.24. The Morgan fingerprint density at radius 1 is 1.24 bits per heavy atom. The zero-order valence-electron chi connectivity index (χ0n) is 16.3. The molecular weight excluding hydrogens is 388 g/mol. The standard InChI is InChI=1S/C23H23ClN2O3/c1-28-19-5-2-4-17(13-19)14-22(27)26-11-3-6-21(26)23-25-15-20(29-23)12-16-7-9-18(24)10-8-16/h2,4-5,7-10,13,15,21H,3,6,11-12,14H2,1H3. The predicted octanol–water partition coefficient (Wildman–Crippen LogP) is 4.83. The maximum atomic E-state index is 12.9. The monoisotopic (exact) mass is 410 g/mol. The summed E-state index contributed by atoms with van der Waals surface area (Å²) in [5.41, 5.74) is 2.05. The molecule has 0 aliphatic carbocycles. The van der Waals surface area contributed by atoms with Crippen LogP contribution in [0.3, 0.4) is 0 Å². The number of ether oxygens (including phenoxy) is 1. The molecule has 1 atom stereocenters. The Hall–Kier alpha value is -2.79. The Morgan fingerprint density at radius 3 is 2.86 bits per heavy atom. The molecule has 1 saturated heterocycles. The molecule has 2 aromatic carbocycles. The van der Waals surface area contributed by atoms with Gasteiger partial charge in [-0.15, -0.1) is 0 Å². The van der Waals surface area contributed by atoms with Crippen LogP contribution in [-0.2, 0) is 17.6 Å². The van der Waals surface area contributed by atoms with Crippen LogP contribution in [0.1, 0.15) is 41.7 Å². The molecule has 6 heteroatoms. The lowest BCUT2D eigenvalue weighted by Gasteiger charge is -2.22. The van der Waals surface area contributed by atoms with Crippen molar-refractivity contribution in [2.75, 3.05) is 13.7 Å². The van der Waals surface area contributed by atoms with Crippen LogP contribution in [0.5, 0.6) is 5.75 Å². The van der Waals surface area contributed by atoms with Crippen molar-refractivity contribution in [2.24, 2.45) is 0 Å². The molecular formula is C23H23ClN2O3. The molecule has 0 bridgehead atoms. The summed E-state index contributed by atoms with van der Waals surface area (Å²) >= 11 is 5.95. The minimum absolute atomic E-state index is 0.0817. The van der Waals surface area contributed by atoms with Gasteiger partial charge in [0, 0.05) is 18.0 Å². The number of benzene rings is 2. The highest BCUT2D eigenvalue weighted by Crippen LogP contribution is 2.32. The number of hydrogen-bond acceptors (Lipinski definition) is 4. The number of rotatable bonds is 6. The number of carbonyl (C=O) groups is 1. The Balaban J connectivity index is 1.44. The van der Waals surface area contributed by atoms with E-state index in [9.17, 15) is 4.79 Å². The zero-order chi connectivity index (χ0) is 20.2. The van der Waals surface area contributed by atoms with Crippen LogP contribution in [0, 0.1) is 0 Å². The van der Waals surface area contributed by atoms with E-state index in [1.54, 1.807) is 13.3 Å². The van der Waals surface area contributed by atoms with E-state index < -0.39 is 0 Å². The summed E-state index contributed by atoms with van der Waals surface area (Å²) in [5, 5.41) is 0.711. The summed E-state index contributed by atoms with van der Waals surface area (Å²) in [6.45, 7) is 0.725. The number of likely N-dealkylation sites (tertiary alicyclic amines) is 1. The number of amides is 1. The highest BCUT2D eigenvalue weighted by Gasteiger charge is 2.33. The third kappa shape index (κ3) is 4.62. The van der Waals surface area contributed by atoms with E-state index in [4.69, 9.17) is 20.8 Å². The van der Waals surface area contributed by atoms with Crippen molar-refractivity contribution in [1.29, 1.82) is 0 Å². The summed E-state index contributed by atoms with van der Waals surface area (Å²) in [6.07, 6.45) is 4.56.